The van der Waals surface area contributed by atoms with Crippen molar-refractivity contribution in [1.82, 2.24) is 5.32 Å². The van der Waals surface area contributed by atoms with E-state index in [0.717, 1.165) is 6.42 Å². The van der Waals surface area contributed by atoms with Gasteiger partial charge in [0.2, 0.25) is 0 Å². The van der Waals surface area contributed by atoms with Gasteiger partial charge in [0.1, 0.15) is 0 Å². The van der Waals surface area contributed by atoms with Gasteiger partial charge < -0.3 is 10.1 Å². The molecule has 1 fully saturated rings. The van der Waals surface area contributed by atoms with E-state index >= 15 is 0 Å². The average Bonchev–Trinajstić information content (AvgIpc) is 2.54. The van der Waals surface area contributed by atoms with Crippen LogP contribution in [0.3, 0.4) is 0 Å². The zero-order chi connectivity index (χ0) is 8.48. The molecule has 0 radical (unpaired) electrons. The predicted octanol–water partition coefficient (Wildman–Crippen LogP) is 0.547. The Morgan fingerprint density at radius 1 is 1.73 bits per heavy atom. The van der Waals surface area contributed by atoms with Crippen molar-refractivity contribution in [3.05, 3.63) is 0 Å². The molecule has 3 nitrogen and oxygen atoms in total. The van der Waals surface area contributed by atoms with Crippen molar-refractivity contribution in [2.45, 2.75) is 26.3 Å². The van der Waals surface area contributed by atoms with Crippen LogP contribution in [0.5, 0.6) is 0 Å². The maximum absolute atomic E-state index is 10.7. The van der Waals surface area contributed by atoms with E-state index in [9.17, 15) is 4.79 Å². The zero-order valence-electron chi connectivity index (χ0n) is 7.31. The summed E-state index contributed by atoms with van der Waals surface area (Å²) in [4.78, 5) is 10.7. The zero-order valence-corrected chi connectivity index (χ0v) is 7.31. The Morgan fingerprint density at radius 3 is 2.64 bits per heavy atom. The number of carbonyl (C=O) groups excluding carboxylic acids is 1. The van der Waals surface area contributed by atoms with Gasteiger partial charge in [-0.2, -0.15) is 0 Å². The standard InChI is InChI=1S/C8H15NO2/c1-8(2)4-6(8)9-5-7(10)11-3/h6,9H,4-5H2,1-3H3. The fraction of sp³-hybridized carbons (Fsp3) is 0.875. The molecule has 1 unspecified atom stereocenters. The lowest BCUT2D eigenvalue weighted by molar-refractivity contribution is -0.139. The highest BCUT2D eigenvalue weighted by Gasteiger charge is 2.45. The Hall–Kier alpha value is -0.570. The molecule has 1 aliphatic rings. The van der Waals surface area contributed by atoms with Gasteiger partial charge in [-0.25, -0.2) is 0 Å². The van der Waals surface area contributed by atoms with Crippen LogP contribution in [0.4, 0.5) is 0 Å². The first-order valence-electron chi connectivity index (χ1n) is 3.86. The van der Waals surface area contributed by atoms with Crippen LogP contribution >= 0.6 is 0 Å². The Morgan fingerprint density at radius 2 is 2.27 bits per heavy atom. The van der Waals surface area contributed by atoms with E-state index in [-0.39, 0.29) is 5.97 Å². The number of hydrogen-bond donors (Lipinski definition) is 1. The molecule has 0 heterocycles. The van der Waals surface area contributed by atoms with Crippen LogP contribution in [0.25, 0.3) is 0 Å². The molecule has 11 heavy (non-hydrogen) atoms. The van der Waals surface area contributed by atoms with E-state index in [2.05, 4.69) is 23.9 Å². The second-order valence-corrected chi connectivity index (χ2v) is 3.70. The number of nitrogens with one attached hydrogen (secondary N) is 1. The first kappa shape index (κ1) is 8.53. The summed E-state index contributed by atoms with van der Waals surface area (Å²) in [6, 6.07) is 0.501. The molecule has 1 N–H and O–H groups in total. The number of carbonyl (C=O) groups is 1. The molecule has 1 rings (SSSR count). The number of ether oxygens (including phenoxy) is 1. The lowest BCUT2D eigenvalue weighted by atomic mass is 10.2. The first-order valence-corrected chi connectivity index (χ1v) is 3.86. The largest absolute Gasteiger partial charge is 0.468 e. The molecule has 0 saturated heterocycles. The topological polar surface area (TPSA) is 38.3 Å². The maximum atomic E-state index is 10.7. The summed E-state index contributed by atoms with van der Waals surface area (Å²) < 4.78 is 4.50. The van der Waals surface area contributed by atoms with Crippen LogP contribution in [0.15, 0.2) is 0 Å². The highest BCUT2D eigenvalue weighted by molar-refractivity contribution is 5.71. The van der Waals surface area contributed by atoms with Gasteiger partial charge in [-0.05, 0) is 11.8 Å². The minimum atomic E-state index is -0.187. The molecular formula is C8H15NO2. The Bertz CT molecular complexity index is 165. The molecule has 0 aromatic rings. The molecule has 0 spiro atoms. The van der Waals surface area contributed by atoms with E-state index in [0.29, 0.717) is 18.0 Å². The van der Waals surface area contributed by atoms with Crippen molar-refractivity contribution in [3.63, 3.8) is 0 Å². The van der Waals surface area contributed by atoms with Crippen LogP contribution < -0.4 is 5.32 Å². The summed E-state index contributed by atoms with van der Waals surface area (Å²) in [7, 11) is 1.40. The molecule has 0 bridgehead atoms. The number of esters is 1. The van der Waals surface area contributed by atoms with Crippen molar-refractivity contribution in [1.29, 1.82) is 0 Å². The van der Waals surface area contributed by atoms with Gasteiger partial charge in [0.05, 0.1) is 13.7 Å². The van der Waals surface area contributed by atoms with Gasteiger partial charge in [-0.15, -0.1) is 0 Å². The van der Waals surface area contributed by atoms with Crippen LogP contribution in [0.2, 0.25) is 0 Å². The van der Waals surface area contributed by atoms with Gasteiger partial charge in [0.25, 0.3) is 0 Å². The van der Waals surface area contributed by atoms with Crippen molar-refractivity contribution in [3.8, 4) is 0 Å². The third kappa shape index (κ3) is 2.19. The fourth-order valence-electron chi connectivity index (χ4n) is 1.09. The third-order valence-corrected chi connectivity index (χ3v) is 2.23. The van der Waals surface area contributed by atoms with Crippen molar-refractivity contribution >= 4 is 5.97 Å². The summed E-state index contributed by atoms with van der Waals surface area (Å²) >= 11 is 0. The summed E-state index contributed by atoms with van der Waals surface area (Å²) in [5, 5.41) is 3.12. The number of rotatable bonds is 3. The van der Waals surface area contributed by atoms with Crippen molar-refractivity contribution < 1.29 is 9.53 Å². The van der Waals surface area contributed by atoms with Crippen molar-refractivity contribution in [2.75, 3.05) is 13.7 Å². The normalized spacial score (nSPS) is 26.3. The molecule has 0 aromatic carbocycles. The van der Waals surface area contributed by atoms with E-state index < -0.39 is 0 Å². The monoisotopic (exact) mass is 157 g/mol. The lowest BCUT2D eigenvalue weighted by Crippen LogP contribution is -2.28. The van der Waals surface area contributed by atoms with E-state index in [1.54, 1.807) is 0 Å². The Kier molecular flexibility index (Phi) is 2.18. The summed E-state index contributed by atoms with van der Waals surface area (Å²) in [5.74, 6) is -0.187. The minimum Gasteiger partial charge on any atom is -0.468 e. The van der Waals surface area contributed by atoms with Crippen LogP contribution in [0, 0.1) is 5.41 Å². The smallest absolute Gasteiger partial charge is 0.319 e. The van der Waals surface area contributed by atoms with E-state index in [1.807, 2.05) is 0 Å². The maximum Gasteiger partial charge on any atom is 0.319 e. The fourth-order valence-corrected chi connectivity index (χ4v) is 1.09. The highest BCUT2D eigenvalue weighted by atomic mass is 16.5. The molecule has 0 aromatic heterocycles. The first-order chi connectivity index (χ1) is 5.06. The van der Waals surface area contributed by atoms with Gasteiger partial charge in [0, 0.05) is 6.04 Å². The van der Waals surface area contributed by atoms with Crippen LogP contribution in [-0.4, -0.2) is 25.7 Å². The van der Waals surface area contributed by atoms with Gasteiger partial charge in [0.15, 0.2) is 0 Å². The van der Waals surface area contributed by atoms with E-state index in [1.165, 1.54) is 7.11 Å². The van der Waals surface area contributed by atoms with Gasteiger partial charge in [-0.3, -0.25) is 4.79 Å². The average molecular weight is 157 g/mol. The SMILES string of the molecule is COC(=O)CNC1CC1(C)C. The quantitative estimate of drug-likeness (QED) is 0.608. The summed E-state index contributed by atoms with van der Waals surface area (Å²) in [6.07, 6.45) is 1.16. The summed E-state index contributed by atoms with van der Waals surface area (Å²) in [5.41, 5.74) is 0.383. The minimum absolute atomic E-state index is 0.187. The number of methoxy groups -OCH3 is 1. The van der Waals surface area contributed by atoms with Crippen LogP contribution in [-0.2, 0) is 9.53 Å². The van der Waals surface area contributed by atoms with Crippen LogP contribution in [0.1, 0.15) is 20.3 Å². The molecule has 0 aliphatic heterocycles. The molecular weight excluding hydrogens is 142 g/mol. The molecule has 3 heteroatoms. The molecule has 1 atom stereocenters. The lowest BCUT2D eigenvalue weighted by Gasteiger charge is -2.04. The molecule has 1 saturated carbocycles. The Labute approximate surface area is 67.1 Å². The second kappa shape index (κ2) is 2.81. The summed E-state index contributed by atoms with van der Waals surface area (Å²) in [6.45, 7) is 4.70. The van der Waals surface area contributed by atoms with Gasteiger partial charge in [-0.1, -0.05) is 13.8 Å². The molecule has 0 amide bonds. The predicted molar refractivity (Wildman–Crippen MR) is 42.2 cm³/mol. The van der Waals surface area contributed by atoms with E-state index in [4.69, 9.17) is 0 Å². The molecule has 1 aliphatic carbocycles. The van der Waals surface area contributed by atoms with Gasteiger partial charge >= 0.3 is 5.97 Å². The highest BCUT2D eigenvalue weighted by Crippen LogP contribution is 2.44. The van der Waals surface area contributed by atoms with Crippen molar-refractivity contribution in [2.24, 2.45) is 5.41 Å². The Balaban J connectivity index is 2.11. The number of hydrogen-bond acceptors (Lipinski definition) is 3. The second-order valence-electron chi connectivity index (χ2n) is 3.70. The molecule has 64 valence electrons. The third-order valence-electron chi connectivity index (χ3n) is 2.23.